The summed E-state index contributed by atoms with van der Waals surface area (Å²) in [5, 5.41) is 0.295. The molecule has 1 atom stereocenters. The molecule has 0 fully saturated rings. The Labute approximate surface area is 193 Å². The second-order valence-corrected chi connectivity index (χ2v) is 8.51. The van der Waals surface area contributed by atoms with Gasteiger partial charge in [0.2, 0.25) is 0 Å². The van der Waals surface area contributed by atoms with Gasteiger partial charge < -0.3 is 4.90 Å². The Morgan fingerprint density at radius 1 is 1.10 bits per heavy atom. The number of benzene rings is 1. The van der Waals surface area contributed by atoms with Crippen LogP contribution < -0.4 is 4.90 Å². The molecule has 1 aromatic carbocycles. The van der Waals surface area contributed by atoms with Crippen LogP contribution in [-0.4, -0.2) is 11.4 Å². The van der Waals surface area contributed by atoms with Gasteiger partial charge in [-0.05, 0) is 51.8 Å². The van der Waals surface area contributed by atoms with E-state index in [4.69, 9.17) is 11.6 Å². The first-order chi connectivity index (χ1) is 14.2. The van der Waals surface area contributed by atoms with Crippen molar-refractivity contribution in [3.8, 4) is 0 Å². The molecule has 0 N–H and O–H groups in total. The van der Waals surface area contributed by atoms with Crippen molar-refractivity contribution in [3.63, 3.8) is 0 Å². The van der Waals surface area contributed by atoms with E-state index < -0.39 is 17.6 Å². The highest BCUT2D eigenvalue weighted by atomic mass is 35.5. The van der Waals surface area contributed by atoms with Crippen LogP contribution in [0.4, 0.5) is 23.2 Å². The van der Waals surface area contributed by atoms with Crippen molar-refractivity contribution >= 4 is 29.1 Å². The number of anilines is 1. The first-order valence-electron chi connectivity index (χ1n) is 9.92. The second-order valence-electron chi connectivity index (χ2n) is 6.86. The SMILES string of the molecule is C=C(C)C(CC)Sc1cc(N(C(=C)C)C(=C)/C(C)=C(\C)C(F)(F)F)c(F)cc1Cl.CC. The van der Waals surface area contributed by atoms with Crippen molar-refractivity contribution < 1.29 is 17.6 Å². The molecule has 1 nitrogen and oxygen atoms in total. The van der Waals surface area contributed by atoms with Crippen molar-refractivity contribution in [2.24, 2.45) is 0 Å². The van der Waals surface area contributed by atoms with Crippen LogP contribution in [0.5, 0.6) is 0 Å². The summed E-state index contributed by atoms with van der Waals surface area (Å²) >= 11 is 7.66. The average molecular weight is 478 g/mol. The summed E-state index contributed by atoms with van der Waals surface area (Å²) in [5.74, 6) is -0.677. The average Bonchev–Trinajstić information content (AvgIpc) is 2.67. The van der Waals surface area contributed by atoms with Crippen LogP contribution in [0.15, 0.2) is 64.9 Å². The molecular formula is C24H32ClF4NS. The van der Waals surface area contributed by atoms with Gasteiger partial charge in [-0.3, -0.25) is 0 Å². The monoisotopic (exact) mass is 477 g/mol. The van der Waals surface area contributed by atoms with E-state index in [-0.39, 0.29) is 27.2 Å². The summed E-state index contributed by atoms with van der Waals surface area (Å²) in [5.41, 5.74) is 0.411. The van der Waals surface area contributed by atoms with E-state index in [1.165, 1.54) is 29.7 Å². The summed E-state index contributed by atoms with van der Waals surface area (Å²) < 4.78 is 54.2. The van der Waals surface area contributed by atoms with Crippen molar-refractivity contribution in [1.29, 1.82) is 0 Å². The predicted molar refractivity (Wildman–Crippen MR) is 128 cm³/mol. The lowest BCUT2D eigenvalue weighted by Crippen LogP contribution is -2.23. The largest absolute Gasteiger partial charge is 0.412 e. The molecule has 0 bridgehead atoms. The summed E-state index contributed by atoms with van der Waals surface area (Å²) in [4.78, 5) is 1.88. The van der Waals surface area contributed by atoms with Gasteiger partial charge in [-0.2, -0.15) is 13.2 Å². The minimum atomic E-state index is -4.51. The lowest BCUT2D eigenvalue weighted by Gasteiger charge is -2.30. The number of alkyl halides is 3. The van der Waals surface area contributed by atoms with Crippen molar-refractivity contribution in [3.05, 3.63) is 70.8 Å². The molecule has 0 amide bonds. The number of nitrogens with zero attached hydrogens (tertiary/aromatic N) is 1. The number of allylic oxidation sites excluding steroid dienone is 3. The first-order valence-corrected chi connectivity index (χ1v) is 11.2. The standard InChI is InChI=1S/C22H26ClF4NS.C2H6/c1-9-20(12(2)3)29-21-11-19(18(24)10-17(21)23)28(13(4)5)16(8)14(6)15(7)22(25,26)27;1-2/h10-11,20H,2,4,8-9H2,1,3,5-7H3;1-2H3/b15-14+;. The highest BCUT2D eigenvalue weighted by molar-refractivity contribution is 8.00. The molecule has 7 heteroatoms. The molecule has 0 aromatic heterocycles. The minimum absolute atomic E-state index is 0.00330. The molecule has 0 saturated carbocycles. The lowest BCUT2D eigenvalue weighted by atomic mass is 10.1. The molecule has 0 spiro atoms. The zero-order chi connectivity index (χ0) is 24.7. The van der Waals surface area contributed by atoms with Crippen LogP contribution >= 0.6 is 23.4 Å². The molecule has 1 aromatic rings. The highest BCUT2D eigenvalue weighted by Gasteiger charge is 2.33. The van der Waals surface area contributed by atoms with Gasteiger partial charge in [0, 0.05) is 27.1 Å². The lowest BCUT2D eigenvalue weighted by molar-refractivity contribution is -0.0920. The summed E-state index contributed by atoms with van der Waals surface area (Å²) in [6.45, 7) is 23.3. The van der Waals surface area contributed by atoms with Gasteiger partial charge in [0.25, 0.3) is 0 Å². The topological polar surface area (TPSA) is 3.24 Å². The fourth-order valence-electron chi connectivity index (χ4n) is 2.64. The zero-order valence-corrected chi connectivity index (χ0v) is 20.9. The van der Waals surface area contributed by atoms with Gasteiger partial charge in [0.1, 0.15) is 5.82 Å². The van der Waals surface area contributed by atoms with Gasteiger partial charge in [-0.1, -0.05) is 57.7 Å². The van der Waals surface area contributed by atoms with Gasteiger partial charge in [-0.25, -0.2) is 4.39 Å². The van der Waals surface area contributed by atoms with Crippen LogP contribution in [0.25, 0.3) is 0 Å². The van der Waals surface area contributed by atoms with E-state index in [0.29, 0.717) is 10.6 Å². The molecule has 0 aliphatic heterocycles. The summed E-state index contributed by atoms with van der Waals surface area (Å²) in [6.07, 6.45) is -3.71. The van der Waals surface area contributed by atoms with Crippen LogP contribution in [0, 0.1) is 5.82 Å². The Balaban J connectivity index is 0.00000436. The Kier molecular flexibility index (Phi) is 11.7. The molecule has 0 radical (unpaired) electrons. The van der Waals surface area contributed by atoms with Crippen molar-refractivity contribution in [1.82, 2.24) is 0 Å². The fourth-order valence-corrected chi connectivity index (χ4v) is 3.95. The summed E-state index contributed by atoms with van der Waals surface area (Å²) in [6, 6.07) is 2.67. The van der Waals surface area contributed by atoms with E-state index >= 15 is 0 Å². The molecule has 174 valence electrons. The van der Waals surface area contributed by atoms with Gasteiger partial charge in [0.05, 0.1) is 10.7 Å². The predicted octanol–water partition coefficient (Wildman–Crippen LogP) is 9.70. The van der Waals surface area contributed by atoms with E-state index in [2.05, 4.69) is 19.7 Å². The summed E-state index contributed by atoms with van der Waals surface area (Å²) in [7, 11) is 0. The maximum atomic E-state index is 14.8. The van der Waals surface area contributed by atoms with Crippen molar-refractivity contribution in [2.45, 2.75) is 71.2 Å². The van der Waals surface area contributed by atoms with Crippen LogP contribution in [0.1, 0.15) is 54.9 Å². The third-order valence-electron chi connectivity index (χ3n) is 4.50. The minimum Gasteiger partial charge on any atom is -0.313 e. The van der Waals surface area contributed by atoms with Gasteiger partial charge >= 0.3 is 6.18 Å². The third-order valence-corrected chi connectivity index (χ3v) is 6.54. The van der Waals surface area contributed by atoms with Crippen molar-refractivity contribution in [2.75, 3.05) is 4.90 Å². The van der Waals surface area contributed by atoms with E-state index in [9.17, 15) is 17.6 Å². The maximum Gasteiger partial charge on any atom is 0.412 e. The van der Waals surface area contributed by atoms with Crippen LogP contribution in [-0.2, 0) is 0 Å². The number of halogens is 5. The molecule has 1 unspecified atom stereocenters. The maximum absolute atomic E-state index is 14.8. The normalized spacial score (nSPS) is 12.9. The molecule has 0 aliphatic rings. The quantitative estimate of drug-likeness (QED) is 0.158. The smallest absolute Gasteiger partial charge is 0.313 e. The molecule has 0 saturated heterocycles. The molecular weight excluding hydrogens is 446 g/mol. The van der Waals surface area contributed by atoms with Gasteiger partial charge in [0.15, 0.2) is 0 Å². The zero-order valence-electron chi connectivity index (χ0n) is 19.3. The van der Waals surface area contributed by atoms with Crippen LogP contribution in [0.2, 0.25) is 5.02 Å². The first kappa shape index (κ1) is 29.3. The number of hydrogen-bond donors (Lipinski definition) is 0. The number of hydrogen-bond acceptors (Lipinski definition) is 2. The molecule has 31 heavy (non-hydrogen) atoms. The highest BCUT2D eigenvalue weighted by Crippen LogP contribution is 2.41. The Morgan fingerprint density at radius 2 is 1.61 bits per heavy atom. The number of thioether (sulfide) groups is 1. The third kappa shape index (κ3) is 7.76. The fraction of sp³-hybridized carbons (Fsp3) is 0.417. The molecule has 0 aliphatic carbocycles. The van der Waals surface area contributed by atoms with E-state index in [1.54, 1.807) is 6.92 Å². The molecule has 1 rings (SSSR count). The Hall–Kier alpha value is -1.66. The van der Waals surface area contributed by atoms with E-state index in [1.807, 2.05) is 27.7 Å². The Bertz CT molecular complexity index is 856. The molecule has 0 heterocycles. The van der Waals surface area contributed by atoms with Crippen LogP contribution in [0.3, 0.4) is 0 Å². The number of rotatable bonds is 8. The van der Waals surface area contributed by atoms with E-state index in [0.717, 1.165) is 25.0 Å². The Morgan fingerprint density at radius 3 is 2.00 bits per heavy atom. The van der Waals surface area contributed by atoms with Gasteiger partial charge in [-0.15, -0.1) is 11.8 Å². The second kappa shape index (κ2) is 12.4.